The minimum atomic E-state index is -0.875. The third-order valence-electron chi connectivity index (χ3n) is 3.74. The molecule has 1 heterocycles. The molecule has 3 amide bonds. The van der Waals surface area contributed by atoms with E-state index in [2.05, 4.69) is 20.8 Å². The summed E-state index contributed by atoms with van der Waals surface area (Å²) >= 11 is 0. The Morgan fingerprint density at radius 3 is 2.76 bits per heavy atom. The van der Waals surface area contributed by atoms with Gasteiger partial charge in [-0.1, -0.05) is 30.3 Å². The summed E-state index contributed by atoms with van der Waals surface area (Å²) in [7, 11) is 0. The van der Waals surface area contributed by atoms with Crippen LogP contribution in [0, 0.1) is 5.82 Å². The van der Waals surface area contributed by atoms with Gasteiger partial charge in [-0.2, -0.15) is 5.10 Å². The maximum Gasteiger partial charge on any atom is 0.312 e. The van der Waals surface area contributed by atoms with Crippen molar-refractivity contribution in [2.45, 2.75) is 12.5 Å². The van der Waals surface area contributed by atoms with Gasteiger partial charge in [0.1, 0.15) is 5.82 Å². The number of fused-ring (bicyclic) bond motifs is 1. The first-order valence-corrected chi connectivity index (χ1v) is 7.57. The number of primary amides is 1. The van der Waals surface area contributed by atoms with E-state index in [9.17, 15) is 14.0 Å². The van der Waals surface area contributed by atoms with E-state index in [1.165, 1.54) is 18.2 Å². The molecular weight excluding hydrogens is 325 g/mol. The molecule has 3 aromatic rings. The Morgan fingerprint density at radius 2 is 2.00 bits per heavy atom. The first-order chi connectivity index (χ1) is 12.0. The molecule has 128 valence electrons. The molecule has 0 aliphatic rings. The number of para-hydroxylation sites is 1. The SMILES string of the molecule is NC(=O)NC(CC(=O)Nc1cccc2cn[nH]c12)c1ccccc1F. The molecule has 1 atom stereocenters. The number of H-pyrrole nitrogens is 1. The second-order valence-corrected chi connectivity index (χ2v) is 5.47. The molecule has 0 saturated heterocycles. The van der Waals surface area contributed by atoms with Gasteiger partial charge in [-0.25, -0.2) is 9.18 Å². The number of benzene rings is 2. The van der Waals surface area contributed by atoms with Crippen LogP contribution in [0.25, 0.3) is 10.9 Å². The lowest BCUT2D eigenvalue weighted by Crippen LogP contribution is -2.35. The minimum absolute atomic E-state index is 0.172. The smallest absolute Gasteiger partial charge is 0.312 e. The molecule has 0 aliphatic heterocycles. The Labute approximate surface area is 142 Å². The van der Waals surface area contributed by atoms with Gasteiger partial charge in [0, 0.05) is 10.9 Å². The molecule has 5 N–H and O–H groups in total. The number of amides is 3. The van der Waals surface area contributed by atoms with Gasteiger partial charge in [0.2, 0.25) is 5.91 Å². The lowest BCUT2D eigenvalue weighted by atomic mass is 10.0. The zero-order valence-corrected chi connectivity index (χ0v) is 13.1. The second kappa shape index (κ2) is 7.00. The number of aromatic amines is 1. The number of nitrogens with one attached hydrogen (secondary N) is 3. The van der Waals surface area contributed by atoms with Crippen molar-refractivity contribution in [1.29, 1.82) is 0 Å². The molecule has 1 unspecified atom stereocenters. The highest BCUT2D eigenvalue weighted by molar-refractivity contribution is 6.00. The van der Waals surface area contributed by atoms with Crippen LogP contribution in [0.2, 0.25) is 0 Å². The zero-order chi connectivity index (χ0) is 17.8. The van der Waals surface area contributed by atoms with E-state index < -0.39 is 23.8 Å². The zero-order valence-electron chi connectivity index (χ0n) is 13.1. The van der Waals surface area contributed by atoms with Gasteiger partial charge in [0.25, 0.3) is 0 Å². The number of carbonyl (C=O) groups excluding carboxylic acids is 2. The quantitative estimate of drug-likeness (QED) is 0.571. The maximum atomic E-state index is 14.0. The van der Waals surface area contributed by atoms with Crippen molar-refractivity contribution in [2.75, 3.05) is 5.32 Å². The fraction of sp³-hybridized carbons (Fsp3) is 0.118. The summed E-state index contributed by atoms with van der Waals surface area (Å²) in [6, 6.07) is 9.55. The van der Waals surface area contributed by atoms with Crippen LogP contribution < -0.4 is 16.4 Å². The highest BCUT2D eigenvalue weighted by Gasteiger charge is 2.21. The summed E-state index contributed by atoms with van der Waals surface area (Å²) in [5, 5.41) is 12.7. The Bertz CT molecular complexity index is 924. The number of hydrogen-bond acceptors (Lipinski definition) is 3. The molecule has 0 bridgehead atoms. The number of rotatable bonds is 5. The molecule has 7 nitrogen and oxygen atoms in total. The Balaban J connectivity index is 1.80. The number of halogens is 1. The van der Waals surface area contributed by atoms with Crippen LogP contribution in [-0.4, -0.2) is 22.1 Å². The molecule has 0 radical (unpaired) electrons. The van der Waals surface area contributed by atoms with Crippen molar-refractivity contribution in [3.8, 4) is 0 Å². The molecule has 0 aliphatic carbocycles. The van der Waals surface area contributed by atoms with Crippen LogP contribution in [-0.2, 0) is 4.79 Å². The molecule has 0 spiro atoms. The largest absolute Gasteiger partial charge is 0.352 e. The van der Waals surface area contributed by atoms with E-state index in [1.54, 1.807) is 24.4 Å². The van der Waals surface area contributed by atoms with Gasteiger partial charge in [-0.3, -0.25) is 9.89 Å². The molecule has 8 heteroatoms. The summed E-state index contributed by atoms with van der Waals surface area (Å²) < 4.78 is 14.0. The lowest BCUT2D eigenvalue weighted by molar-refractivity contribution is -0.116. The van der Waals surface area contributed by atoms with E-state index in [1.807, 2.05) is 6.07 Å². The number of hydrogen-bond donors (Lipinski definition) is 4. The molecule has 0 fully saturated rings. The highest BCUT2D eigenvalue weighted by Crippen LogP contribution is 2.23. The molecular formula is C17H16FN5O2. The number of nitrogens with two attached hydrogens (primary N) is 1. The van der Waals surface area contributed by atoms with Gasteiger partial charge in [0.05, 0.1) is 29.9 Å². The van der Waals surface area contributed by atoms with Crippen LogP contribution in [0.4, 0.5) is 14.9 Å². The Kier molecular flexibility index (Phi) is 4.60. The normalized spacial score (nSPS) is 11.9. The summed E-state index contributed by atoms with van der Waals surface area (Å²) in [6.45, 7) is 0. The van der Waals surface area contributed by atoms with Crippen LogP contribution in [0.15, 0.2) is 48.7 Å². The number of nitrogens with zero attached hydrogens (tertiary/aromatic N) is 1. The summed E-state index contributed by atoms with van der Waals surface area (Å²) in [4.78, 5) is 23.6. The van der Waals surface area contributed by atoms with Crippen molar-refractivity contribution >= 4 is 28.5 Å². The standard InChI is InChI=1S/C17H16FN5O2/c18-12-6-2-1-5-11(12)14(22-17(19)25)8-15(24)21-13-7-3-4-10-9-20-23-16(10)13/h1-7,9,14H,8H2,(H,20,23)(H,21,24)(H3,19,22,25). The Morgan fingerprint density at radius 1 is 1.20 bits per heavy atom. The third-order valence-corrected chi connectivity index (χ3v) is 3.74. The molecule has 3 rings (SSSR count). The number of anilines is 1. The van der Waals surface area contributed by atoms with Gasteiger partial charge < -0.3 is 16.4 Å². The van der Waals surface area contributed by atoms with Gasteiger partial charge >= 0.3 is 6.03 Å². The topological polar surface area (TPSA) is 113 Å². The third kappa shape index (κ3) is 3.74. The van der Waals surface area contributed by atoms with E-state index in [0.29, 0.717) is 11.2 Å². The van der Waals surface area contributed by atoms with Gasteiger partial charge in [-0.15, -0.1) is 0 Å². The molecule has 25 heavy (non-hydrogen) atoms. The van der Waals surface area contributed by atoms with Crippen molar-refractivity contribution < 1.29 is 14.0 Å². The molecule has 1 aromatic heterocycles. The highest BCUT2D eigenvalue weighted by atomic mass is 19.1. The molecule has 0 saturated carbocycles. The predicted octanol–water partition coefficient (Wildman–Crippen LogP) is 2.44. The van der Waals surface area contributed by atoms with Crippen molar-refractivity contribution in [2.24, 2.45) is 5.73 Å². The average molecular weight is 341 g/mol. The minimum Gasteiger partial charge on any atom is -0.352 e. The number of carbonyl (C=O) groups is 2. The summed E-state index contributed by atoms with van der Waals surface area (Å²) in [6.07, 6.45) is 1.47. The van der Waals surface area contributed by atoms with E-state index in [-0.39, 0.29) is 12.0 Å². The first-order valence-electron chi connectivity index (χ1n) is 7.57. The van der Waals surface area contributed by atoms with Crippen molar-refractivity contribution in [3.63, 3.8) is 0 Å². The van der Waals surface area contributed by atoms with Gasteiger partial charge in [-0.05, 0) is 12.1 Å². The number of aromatic nitrogens is 2. The first kappa shape index (κ1) is 16.4. The predicted molar refractivity (Wildman–Crippen MR) is 91.2 cm³/mol. The average Bonchev–Trinajstić information content (AvgIpc) is 3.04. The Hall–Kier alpha value is -3.42. The summed E-state index contributed by atoms with van der Waals surface area (Å²) in [5.41, 5.74) is 6.57. The summed E-state index contributed by atoms with van der Waals surface area (Å²) in [5.74, 6) is -0.922. The van der Waals surface area contributed by atoms with Crippen LogP contribution in [0.5, 0.6) is 0 Å². The van der Waals surface area contributed by atoms with Crippen LogP contribution in [0.1, 0.15) is 18.0 Å². The van der Waals surface area contributed by atoms with E-state index in [0.717, 1.165) is 5.39 Å². The monoisotopic (exact) mass is 341 g/mol. The second-order valence-electron chi connectivity index (χ2n) is 5.47. The van der Waals surface area contributed by atoms with Crippen LogP contribution >= 0.6 is 0 Å². The number of urea groups is 1. The van der Waals surface area contributed by atoms with E-state index in [4.69, 9.17) is 5.73 Å². The van der Waals surface area contributed by atoms with Crippen LogP contribution in [0.3, 0.4) is 0 Å². The maximum absolute atomic E-state index is 14.0. The van der Waals surface area contributed by atoms with Crippen molar-refractivity contribution in [3.05, 3.63) is 60.0 Å². The lowest BCUT2D eigenvalue weighted by Gasteiger charge is -2.18. The van der Waals surface area contributed by atoms with Crippen molar-refractivity contribution in [1.82, 2.24) is 15.5 Å². The fourth-order valence-corrected chi connectivity index (χ4v) is 2.63. The van der Waals surface area contributed by atoms with E-state index >= 15 is 0 Å². The fourth-order valence-electron chi connectivity index (χ4n) is 2.63. The van der Waals surface area contributed by atoms with Gasteiger partial charge in [0.15, 0.2) is 0 Å². The molecule has 2 aromatic carbocycles.